The number of anilines is 1. The summed E-state index contributed by atoms with van der Waals surface area (Å²) in [5.41, 5.74) is 1.76. The summed E-state index contributed by atoms with van der Waals surface area (Å²) in [4.78, 5) is 15.5. The lowest BCUT2D eigenvalue weighted by Gasteiger charge is -2.07. The molecule has 0 bridgehead atoms. The van der Waals surface area contributed by atoms with E-state index in [2.05, 4.69) is 32.9 Å². The minimum absolute atomic E-state index is 0.0133. The van der Waals surface area contributed by atoms with Crippen LogP contribution in [0.1, 0.15) is 15.9 Å². The number of rotatable bonds is 2. The standard InChI is InChI=1S/C13H10FIN2O/c1-8-2-3-9(6-12(8)15)17-13(18)10-4-5-16-7-11(10)14/h2-7H,1H3,(H,17,18). The van der Waals surface area contributed by atoms with Crippen molar-refractivity contribution < 1.29 is 9.18 Å². The van der Waals surface area contributed by atoms with E-state index in [0.717, 1.165) is 15.3 Å². The number of benzene rings is 1. The second-order valence-corrected chi connectivity index (χ2v) is 4.94. The van der Waals surface area contributed by atoms with Gasteiger partial charge in [0, 0.05) is 15.5 Å². The molecule has 0 fully saturated rings. The van der Waals surface area contributed by atoms with Gasteiger partial charge in [0.1, 0.15) is 0 Å². The number of nitrogens with zero attached hydrogens (tertiary/aromatic N) is 1. The predicted molar refractivity (Wildman–Crippen MR) is 76.0 cm³/mol. The van der Waals surface area contributed by atoms with Crippen LogP contribution in [0.4, 0.5) is 10.1 Å². The van der Waals surface area contributed by atoms with Gasteiger partial charge >= 0.3 is 0 Å². The lowest BCUT2D eigenvalue weighted by atomic mass is 10.2. The average molecular weight is 356 g/mol. The molecule has 0 saturated carbocycles. The number of hydrogen-bond acceptors (Lipinski definition) is 2. The Morgan fingerprint density at radius 2 is 2.17 bits per heavy atom. The zero-order valence-corrected chi connectivity index (χ0v) is 11.7. The lowest BCUT2D eigenvalue weighted by Crippen LogP contribution is -2.14. The molecule has 92 valence electrons. The van der Waals surface area contributed by atoms with Gasteiger partial charge in [0.25, 0.3) is 5.91 Å². The van der Waals surface area contributed by atoms with Crippen LogP contribution in [0, 0.1) is 16.3 Å². The Morgan fingerprint density at radius 1 is 1.39 bits per heavy atom. The maximum Gasteiger partial charge on any atom is 0.258 e. The van der Waals surface area contributed by atoms with E-state index in [0.29, 0.717) is 5.69 Å². The van der Waals surface area contributed by atoms with Crippen molar-refractivity contribution in [1.29, 1.82) is 0 Å². The van der Waals surface area contributed by atoms with Crippen molar-refractivity contribution in [2.24, 2.45) is 0 Å². The highest BCUT2D eigenvalue weighted by molar-refractivity contribution is 14.1. The van der Waals surface area contributed by atoms with E-state index in [9.17, 15) is 9.18 Å². The molecule has 3 nitrogen and oxygen atoms in total. The van der Waals surface area contributed by atoms with Crippen LogP contribution in [0.25, 0.3) is 0 Å². The molecular formula is C13H10FIN2O. The average Bonchev–Trinajstić information content (AvgIpc) is 2.34. The Hall–Kier alpha value is -1.50. The molecule has 0 aliphatic rings. The fourth-order valence-corrected chi connectivity index (χ4v) is 1.94. The highest BCUT2D eigenvalue weighted by atomic mass is 127. The fraction of sp³-hybridized carbons (Fsp3) is 0.0769. The molecule has 1 amide bonds. The molecule has 0 aliphatic heterocycles. The normalized spacial score (nSPS) is 10.2. The zero-order chi connectivity index (χ0) is 13.1. The van der Waals surface area contributed by atoms with Gasteiger partial charge in [-0.2, -0.15) is 0 Å². The van der Waals surface area contributed by atoms with Crippen LogP contribution in [0.5, 0.6) is 0 Å². The first kappa shape index (κ1) is 12.9. The van der Waals surface area contributed by atoms with Crippen molar-refractivity contribution in [2.45, 2.75) is 6.92 Å². The van der Waals surface area contributed by atoms with Gasteiger partial charge in [-0.3, -0.25) is 9.78 Å². The Labute approximate surface area is 118 Å². The molecule has 0 spiro atoms. The molecule has 18 heavy (non-hydrogen) atoms. The van der Waals surface area contributed by atoms with Crippen molar-refractivity contribution in [1.82, 2.24) is 4.98 Å². The summed E-state index contributed by atoms with van der Waals surface area (Å²) in [5, 5.41) is 2.66. The molecule has 2 rings (SSSR count). The minimum atomic E-state index is -0.628. The Kier molecular flexibility index (Phi) is 3.90. The van der Waals surface area contributed by atoms with Crippen LogP contribution >= 0.6 is 22.6 Å². The molecule has 1 aromatic heterocycles. The van der Waals surface area contributed by atoms with E-state index in [1.54, 1.807) is 6.07 Å². The van der Waals surface area contributed by atoms with E-state index < -0.39 is 11.7 Å². The molecule has 0 atom stereocenters. The molecule has 0 unspecified atom stereocenters. The number of halogens is 2. The number of carbonyl (C=O) groups is 1. The molecule has 2 aromatic rings. The third kappa shape index (κ3) is 2.84. The van der Waals surface area contributed by atoms with E-state index in [-0.39, 0.29) is 5.56 Å². The summed E-state index contributed by atoms with van der Waals surface area (Å²) in [6.45, 7) is 1.98. The summed E-state index contributed by atoms with van der Waals surface area (Å²) in [7, 11) is 0. The smallest absolute Gasteiger partial charge is 0.258 e. The summed E-state index contributed by atoms with van der Waals surface area (Å²) < 4.78 is 14.4. The van der Waals surface area contributed by atoms with Gasteiger partial charge in [0.15, 0.2) is 5.82 Å². The number of hydrogen-bond donors (Lipinski definition) is 1. The number of pyridine rings is 1. The SMILES string of the molecule is Cc1ccc(NC(=O)c2ccncc2F)cc1I. The van der Waals surface area contributed by atoms with E-state index in [1.807, 2.05) is 19.1 Å². The number of amides is 1. The molecular weight excluding hydrogens is 346 g/mol. The van der Waals surface area contributed by atoms with Gasteiger partial charge in [-0.15, -0.1) is 0 Å². The van der Waals surface area contributed by atoms with Crippen molar-refractivity contribution in [2.75, 3.05) is 5.32 Å². The van der Waals surface area contributed by atoms with Crippen LogP contribution < -0.4 is 5.32 Å². The van der Waals surface area contributed by atoms with Gasteiger partial charge in [0.05, 0.1) is 11.8 Å². The number of carbonyl (C=O) groups excluding carboxylic acids is 1. The first-order valence-electron chi connectivity index (χ1n) is 5.25. The van der Waals surface area contributed by atoms with Gasteiger partial charge in [-0.25, -0.2) is 4.39 Å². The fourth-order valence-electron chi connectivity index (χ4n) is 1.43. The maximum absolute atomic E-state index is 13.4. The molecule has 1 aromatic carbocycles. The van der Waals surface area contributed by atoms with Crippen molar-refractivity contribution >= 4 is 34.2 Å². The topological polar surface area (TPSA) is 42.0 Å². The molecule has 0 radical (unpaired) electrons. The van der Waals surface area contributed by atoms with E-state index >= 15 is 0 Å². The summed E-state index contributed by atoms with van der Waals surface area (Å²) >= 11 is 2.18. The van der Waals surface area contributed by atoms with Gasteiger partial charge < -0.3 is 5.32 Å². The molecule has 0 aliphatic carbocycles. The van der Waals surface area contributed by atoms with Crippen LogP contribution in [-0.4, -0.2) is 10.9 Å². The zero-order valence-electron chi connectivity index (χ0n) is 9.58. The van der Waals surface area contributed by atoms with Crippen LogP contribution in [-0.2, 0) is 0 Å². The molecule has 1 N–H and O–H groups in total. The Balaban J connectivity index is 2.22. The van der Waals surface area contributed by atoms with Crippen molar-refractivity contribution in [3.8, 4) is 0 Å². The quantitative estimate of drug-likeness (QED) is 0.839. The lowest BCUT2D eigenvalue weighted by molar-refractivity contribution is 0.102. The highest BCUT2D eigenvalue weighted by Gasteiger charge is 2.11. The largest absolute Gasteiger partial charge is 0.322 e. The van der Waals surface area contributed by atoms with Gasteiger partial charge in [-0.05, 0) is 53.3 Å². The first-order chi connectivity index (χ1) is 8.58. The summed E-state index contributed by atoms with van der Waals surface area (Å²) in [6, 6.07) is 6.88. The summed E-state index contributed by atoms with van der Waals surface area (Å²) in [6.07, 6.45) is 2.41. The second kappa shape index (κ2) is 5.43. The minimum Gasteiger partial charge on any atom is -0.322 e. The predicted octanol–water partition coefficient (Wildman–Crippen LogP) is 3.39. The first-order valence-corrected chi connectivity index (χ1v) is 6.33. The molecule has 0 saturated heterocycles. The van der Waals surface area contributed by atoms with Gasteiger partial charge in [-0.1, -0.05) is 6.07 Å². The number of nitrogens with one attached hydrogen (secondary N) is 1. The molecule has 5 heteroatoms. The highest BCUT2D eigenvalue weighted by Crippen LogP contribution is 2.18. The van der Waals surface area contributed by atoms with Crippen LogP contribution in [0.2, 0.25) is 0 Å². The van der Waals surface area contributed by atoms with E-state index in [4.69, 9.17) is 0 Å². The third-order valence-corrected chi connectivity index (χ3v) is 3.61. The van der Waals surface area contributed by atoms with Crippen molar-refractivity contribution in [3.63, 3.8) is 0 Å². The third-order valence-electron chi connectivity index (χ3n) is 2.45. The monoisotopic (exact) mass is 356 g/mol. The van der Waals surface area contributed by atoms with Gasteiger partial charge in [0.2, 0.25) is 0 Å². The number of aromatic nitrogens is 1. The maximum atomic E-state index is 13.4. The molecule has 1 heterocycles. The van der Waals surface area contributed by atoms with E-state index in [1.165, 1.54) is 12.3 Å². The Bertz CT molecular complexity index is 601. The van der Waals surface area contributed by atoms with Crippen LogP contribution in [0.3, 0.4) is 0 Å². The second-order valence-electron chi connectivity index (χ2n) is 3.77. The van der Waals surface area contributed by atoms with Crippen LogP contribution in [0.15, 0.2) is 36.7 Å². The number of aryl methyl sites for hydroxylation is 1. The van der Waals surface area contributed by atoms with Crippen molar-refractivity contribution in [3.05, 3.63) is 57.2 Å². The summed E-state index contributed by atoms with van der Waals surface area (Å²) in [5.74, 6) is -1.11. The Morgan fingerprint density at radius 3 is 2.83 bits per heavy atom.